The summed E-state index contributed by atoms with van der Waals surface area (Å²) >= 11 is 0. The molecule has 12 aromatic rings. The summed E-state index contributed by atoms with van der Waals surface area (Å²) in [6.45, 7) is 27.9. The number of hydrogen-bond acceptors (Lipinski definition) is 0. The van der Waals surface area contributed by atoms with Gasteiger partial charge in [-0.25, -0.2) is 0 Å². The molecule has 0 bridgehead atoms. The Bertz CT molecular complexity index is 4030. The van der Waals surface area contributed by atoms with Gasteiger partial charge in [-0.1, -0.05) is 265 Å². The fourth-order valence-corrected chi connectivity index (χ4v) is 12.9. The molecule has 0 aliphatic carbocycles. The van der Waals surface area contributed by atoms with E-state index >= 15 is 0 Å². The minimum Gasteiger partial charge on any atom is -0.309 e. The summed E-state index contributed by atoms with van der Waals surface area (Å²) in [7, 11) is 0. The standard InChI is InChI=1S/C82H77N/c1-79(2,3)72-37-23-18-31-64(72)59-46-57(47-60(50-59)65-32-19-24-38-73(65)80(4,5)6)55-42-44-77-70(52-55)71-53-56(43-45-78(71)83(77)76-41-27-22-36-69(76)68-35-17-16-30-63(68)54-28-14-13-15-29-54)58-48-61(66-33-20-25-39-74(66)81(7,8)9)51-62(49-58)67-34-21-26-40-75(67)82(10,11)12/h13-53H,1-12H3. The first-order chi connectivity index (χ1) is 39.7. The summed E-state index contributed by atoms with van der Waals surface area (Å²) in [5, 5.41) is 2.41. The van der Waals surface area contributed by atoms with Crippen LogP contribution < -0.4 is 0 Å². The number of nitrogens with zero attached hydrogens (tertiary/aromatic N) is 1. The maximum Gasteiger partial charge on any atom is 0.0541 e. The van der Waals surface area contributed by atoms with Crippen molar-refractivity contribution in [1.29, 1.82) is 0 Å². The zero-order chi connectivity index (χ0) is 58.0. The van der Waals surface area contributed by atoms with E-state index in [0.717, 1.165) is 16.7 Å². The van der Waals surface area contributed by atoms with Crippen LogP contribution in [-0.2, 0) is 21.7 Å². The van der Waals surface area contributed by atoms with Crippen LogP contribution >= 0.6 is 0 Å². The van der Waals surface area contributed by atoms with Gasteiger partial charge in [0.2, 0.25) is 0 Å². The third kappa shape index (κ3) is 10.6. The maximum atomic E-state index is 2.53. The molecular formula is C82H77N. The Balaban J connectivity index is 1.14. The minimum atomic E-state index is -0.0569. The van der Waals surface area contributed by atoms with E-state index in [1.165, 1.54) is 122 Å². The molecule has 0 atom stereocenters. The summed E-state index contributed by atoms with van der Waals surface area (Å²) in [5.74, 6) is 0. The number of rotatable bonds is 9. The van der Waals surface area contributed by atoms with E-state index in [2.05, 4.69) is 336 Å². The van der Waals surface area contributed by atoms with Crippen molar-refractivity contribution in [3.63, 3.8) is 0 Å². The van der Waals surface area contributed by atoms with Gasteiger partial charge in [-0.3, -0.25) is 0 Å². The second kappa shape index (κ2) is 21.2. The van der Waals surface area contributed by atoms with E-state index < -0.39 is 0 Å². The van der Waals surface area contributed by atoms with Crippen LogP contribution in [0.25, 0.3) is 117 Å². The summed E-state index contributed by atoms with van der Waals surface area (Å²) in [6, 6.07) is 93.8. The van der Waals surface area contributed by atoms with Crippen LogP contribution in [0.2, 0.25) is 0 Å². The normalized spacial score (nSPS) is 12.3. The lowest BCUT2D eigenvalue weighted by molar-refractivity contribution is 0.591. The third-order valence-electron chi connectivity index (χ3n) is 16.9. The van der Waals surface area contributed by atoms with E-state index in [1.54, 1.807) is 0 Å². The highest BCUT2D eigenvalue weighted by molar-refractivity contribution is 6.12. The zero-order valence-electron chi connectivity index (χ0n) is 50.6. The predicted octanol–water partition coefficient (Wildman–Crippen LogP) is 23.3. The molecule has 410 valence electrons. The fourth-order valence-electron chi connectivity index (χ4n) is 12.9. The molecule has 0 aliphatic rings. The molecule has 0 fully saturated rings. The Morgan fingerprint density at radius 2 is 0.494 bits per heavy atom. The van der Waals surface area contributed by atoms with Crippen molar-refractivity contribution in [3.05, 3.63) is 271 Å². The lowest BCUT2D eigenvalue weighted by Crippen LogP contribution is -2.13. The smallest absolute Gasteiger partial charge is 0.0541 e. The predicted molar refractivity (Wildman–Crippen MR) is 359 cm³/mol. The van der Waals surface area contributed by atoms with Crippen molar-refractivity contribution in [2.24, 2.45) is 0 Å². The molecule has 0 amide bonds. The molecular weight excluding hydrogens is 999 g/mol. The van der Waals surface area contributed by atoms with Gasteiger partial charge in [-0.15, -0.1) is 0 Å². The molecule has 83 heavy (non-hydrogen) atoms. The summed E-state index contributed by atoms with van der Waals surface area (Å²) < 4.78 is 2.53. The minimum absolute atomic E-state index is 0.0569. The van der Waals surface area contributed by atoms with E-state index in [9.17, 15) is 0 Å². The van der Waals surface area contributed by atoms with Crippen molar-refractivity contribution in [2.75, 3.05) is 0 Å². The average molecular weight is 1080 g/mol. The number of hydrogen-bond donors (Lipinski definition) is 0. The van der Waals surface area contributed by atoms with Gasteiger partial charge in [-0.05, 0) is 194 Å². The van der Waals surface area contributed by atoms with Gasteiger partial charge in [-0.2, -0.15) is 0 Å². The highest BCUT2D eigenvalue weighted by Crippen LogP contribution is 2.46. The Hall–Kier alpha value is -8.78. The van der Waals surface area contributed by atoms with Gasteiger partial charge in [0.1, 0.15) is 0 Å². The number of aromatic nitrogens is 1. The first kappa shape index (κ1) is 54.8. The third-order valence-corrected chi connectivity index (χ3v) is 16.9. The van der Waals surface area contributed by atoms with Gasteiger partial charge in [0.25, 0.3) is 0 Å². The van der Waals surface area contributed by atoms with Crippen LogP contribution in [0.15, 0.2) is 249 Å². The van der Waals surface area contributed by atoms with Gasteiger partial charge < -0.3 is 4.57 Å². The molecule has 11 aromatic carbocycles. The average Bonchev–Trinajstić information content (AvgIpc) is 2.39. The Kier molecular flexibility index (Phi) is 14.0. The van der Waals surface area contributed by atoms with E-state index in [0.29, 0.717) is 0 Å². The quantitative estimate of drug-likeness (QED) is 0.136. The SMILES string of the molecule is CC(C)(C)c1ccccc1-c1cc(-c2ccc3c(c2)c2cc(-c4cc(-c5ccccc5C(C)(C)C)cc(-c5ccccc5C(C)(C)C)c4)ccc2n3-c2ccccc2-c2ccccc2-c2ccccc2)cc(-c2ccccc2C(C)(C)C)c1. The van der Waals surface area contributed by atoms with Crippen molar-refractivity contribution in [1.82, 2.24) is 4.57 Å². The largest absolute Gasteiger partial charge is 0.309 e. The van der Waals surface area contributed by atoms with Gasteiger partial charge in [0, 0.05) is 16.3 Å². The molecule has 0 saturated carbocycles. The van der Waals surface area contributed by atoms with Gasteiger partial charge in [0.15, 0.2) is 0 Å². The Morgan fingerprint density at radius 1 is 0.205 bits per heavy atom. The number of fused-ring (bicyclic) bond motifs is 3. The molecule has 0 N–H and O–H groups in total. The monoisotopic (exact) mass is 1080 g/mol. The van der Waals surface area contributed by atoms with Crippen LogP contribution in [0.5, 0.6) is 0 Å². The van der Waals surface area contributed by atoms with Crippen LogP contribution in [0.3, 0.4) is 0 Å². The molecule has 0 saturated heterocycles. The maximum absolute atomic E-state index is 2.53. The molecule has 0 radical (unpaired) electrons. The Morgan fingerprint density at radius 3 is 0.855 bits per heavy atom. The summed E-state index contributed by atoms with van der Waals surface area (Å²) in [5.41, 5.74) is 28.0. The second-order valence-corrected chi connectivity index (χ2v) is 27.0. The fraction of sp³-hybridized carbons (Fsp3) is 0.195. The Labute approximate surface area is 494 Å². The summed E-state index contributed by atoms with van der Waals surface area (Å²) in [6.07, 6.45) is 0. The van der Waals surface area contributed by atoms with E-state index in [-0.39, 0.29) is 21.7 Å². The van der Waals surface area contributed by atoms with Crippen molar-refractivity contribution >= 4 is 21.8 Å². The highest BCUT2D eigenvalue weighted by atomic mass is 15.0. The summed E-state index contributed by atoms with van der Waals surface area (Å²) in [4.78, 5) is 0. The molecule has 1 nitrogen and oxygen atoms in total. The number of benzene rings is 11. The first-order valence-electron chi connectivity index (χ1n) is 29.7. The van der Waals surface area contributed by atoms with Gasteiger partial charge >= 0.3 is 0 Å². The molecule has 1 aromatic heterocycles. The van der Waals surface area contributed by atoms with E-state index in [1.807, 2.05) is 0 Å². The molecule has 12 rings (SSSR count). The molecule has 0 spiro atoms. The van der Waals surface area contributed by atoms with E-state index in [4.69, 9.17) is 0 Å². The molecule has 1 heteroatoms. The second-order valence-electron chi connectivity index (χ2n) is 27.0. The van der Waals surface area contributed by atoms with Gasteiger partial charge in [0.05, 0.1) is 16.7 Å². The molecule has 0 aliphatic heterocycles. The van der Waals surface area contributed by atoms with Crippen molar-refractivity contribution < 1.29 is 0 Å². The topological polar surface area (TPSA) is 4.93 Å². The zero-order valence-corrected chi connectivity index (χ0v) is 50.6. The lowest BCUT2D eigenvalue weighted by Gasteiger charge is -2.25. The van der Waals surface area contributed by atoms with Crippen LogP contribution in [0.4, 0.5) is 0 Å². The lowest BCUT2D eigenvalue weighted by atomic mass is 9.79. The van der Waals surface area contributed by atoms with Crippen LogP contribution in [0, 0.1) is 0 Å². The number of para-hydroxylation sites is 1. The first-order valence-corrected chi connectivity index (χ1v) is 29.7. The highest BCUT2D eigenvalue weighted by Gasteiger charge is 2.26. The van der Waals surface area contributed by atoms with Crippen LogP contribution in [0.1, 0.15) is 105 Å². The van der Waals surface area contributed by atoms with Crippen molar-refractivity contribution in [2.45, 2.75) is 105 Å². The van der Waals surface area contributed by atoms with Crippen LogP contribution in [-0.4, -0.2) is 4.57 Å². The molecule has 0 unspecified atom stereocenters. The van der Waals surface area contributed by atoms with Crippen molar-refractivity contribution in [3.8, 4) is 94.7 Å². The molecule has 1 heterocycles.